The van der Waals surface area contributed by atoms with E-state index >= 15 is 0 Å². The van der Waals surface area contributed by atoms with E-state index in [0.29, 0.717) is 0 Å². The third-order valence-corrected chi connectivity index (χ3v) is 0.114. The van der Waals surface area contributed by atoms with Gasteiger partial charge in [-0.3, -0.25) is 0 Å². The Kier molecular flexibility index (Phi) is 2.26. The molecule has 0 rings (SSSR count). The van der Waals surface area contributed by atoms with Crippen LogP contribution in [-0.2, 0) is 9.88 Å². The van der Waals surface area contributed by atoms with Crippen molar-refractivity contribution < 1.29 is 19.1 Å². The normalized spacial score (nSPS) is 7.67. The molecule has 0 aliphatic rings. The predicted molar refractivity (Wildman–Crippen MR) is 12.9 cm³/mol. The second-order valence-electron chi connectivity index (χ2n) is 0.417. The maximum absolute atomic E-state index is 10.6. The molecular formula is CH2FNO3. The van der Waals surface area contributed by atoms with Crippen molar-refractivity contribution in [2.45, 2.75) is 0 Å². The van der Waals surface area contributed by atoms with Gasteiger partial charge in [-0.25, -0.2) is 9.68 Å². The van der Waals surface area contributed by atoms with Crippen LogP contribution in [-0.4, -0.2) is 6.22 Å². The summed E-state index contributed by atoms with van der Waals surface area (Å²) >= 11 is 0. The molecule has 6 heavy (non-hydrogen) atoms. The average molecular weight is 95.0 g/mol. The second kappa shape index (κ2) is 2.55. The molecule has 0 amide bonds. The molecular weight excluding hydrogens is 93.0 g/mol. The lowest BCUT2D eigenvalue weighted by atomic mass is 11.5. The molecule has 0 aliphatic carbocycles. The monoisotopic (exact) mass is 95.0 g/mol. The average Bonchev–Trinajstić information content (AvgIpc) is 1.35. The van der Waals surface area contributed by atoms with E-state index in [1.807, 2.05) is 0 Å². The van der Waals surface area contributed by atoms with Gasteiger partial charge in [0.25, 0.3) is 0 Å². The number of carbonyl (C=O) groups excluding carboxylic acids is 1. The smallest absolute Gasteiger partial charge is 0.247 e. The lowest BCUT2D eigenvalue weighted by Crippen LogP contribution is -2.01. The quantitative estimate of drug-likeness (QED) is 0.280. The standard InChI is InChI=1S/CH2FNO3/c2-1(4)5-6-3/h3H2. The molecule has 0 aliphatic heterocycles. The topological polar surface area (TPSA) is 61.6 Å². The molecule has 0 saturated carbocycles. The highest BCUT2D eigenvalue weighted by atomic mass is 19.1. The molecule has 0 bridgehead atoms. The fourth-order valence-corrected chi connectivity index (χ4v) is 0.0378. The van der Waals surface area contributed by atoms with Crippen LogP contribution in [0.2, 0.25) is 0 Å². The van der Waals surface area contributed by atoms with E-state index in [0.717, 1.165) is 0 Å². The zero-order chi connectivity index (χ0) is 4.99. The lowest BCUT2D eigenvalue weighted by molar-refractivity contribution is -0.249. The molecule has 0 aromatic carbocycles. The van der Waals surface area contributed by atoms with Crippen LogP contribution in [0.3, 0.4) is 0 Å². The van der Waals surface area contributed by atoms with Crippen molar-refractivity contribution in [1.82, 2.24) is 0 Å². The van der Waals surface area contributed by atoms with E-state index in [4.69, 9.17) is 4.79 Å². The SMILES string of the molecule is NOOC(=O)F. The maximum atomic E-state index is 10.6. The number of carbonyl (C=O) groups is 1. The van der Waals surface area contributed by atoms with E-state index < -0.39 is 6.22 Å². The molecule has 0 atom stereocenters. The number of nitrogens with two attached hydrogens (primary N) is 1. The first-order chi connectivity index (χ1) is 2.77. The zero-order valence-corrected chi connectivity index (χ0v) is 2.68. The van der Waals surface area contributed by atoms with Gasteiger partial charge in [0, 0.05) is 0 Å². The highest BCUT2D eigenvalue weighted by molar-refractivity contribution is 5.56. The Bertz CT molecular complexity index is 54.8. The molecule has 0 aromatic rings. The van der Waals surface area contributed by atoms with Gasteiger partial charge in [0.05, 0.1) is 0 Å². The summed E-state index contributed by atoms with van der Waals surface area (Å²) in [5.41, 5.74) is 0. The predicted octanol–water partition coefficient (Wildman–Crippen LogP) is -0.102. The van der Waals surface area contributed by atoms with Crippen LogP contribution in [0.15, 0.2) is 0 Å². The Balaban J connectivity index is 2.83. The van der Waals surface area contributed by atoms with Crippen LogP contribution in [0.5, 0.6) is 0 Å². The molecule has 4 nitrogen and oxygen atoms in total. The molecule has 0 saturated heterocycles. The lowest BCUT2D eigenvalue weighted by Gasteiger charge is -1.82. The van der Waals surface area contributed by atoms with Crippen molar-refractivity contribution >= 4 is 6.22 Å². The summed E-state index contributed by atoms with van der Waals surface area (Å²) in [5.74, 6) is 4.05. The molecule has 2 N–H and O–H groups in total. The fraction of sp³-hybridized carbons (Fsp3) is 0. The summed E-state index contributed by atoms with van der Waals surface area (Å²) in [4.78, 5) is 15.0. The van der Waals surface area contributed by atoms with Gasteiger partial charge in [-0.2, -0.15) is 5.90 Å². The minimum absolute atomic E-state index is 2.06. The summed E-state index contributed by atoms with van der Waals surface area (Å²) in [5, 5.41) is 0. The molecule has 5 heteroatoms. The Morgan fingerprint density at radius 1 is 1.83 bits per heavy atom. The second-order valence-corrected chi connectivity index (χ2v) is 0.417. The number of halogens is 1. The molecule has 0 unspecified atom stereocenters. The third kappa shape index (κ3) is 3.32. The van der Waals surface area contributed by atoms with Crippen LogP contribution < -0.4 is 5.90 Å². The summed E-state index contributed by atoms with van der Waals surface area (Å²) in [7, 11) is 0. The van der Waals surface area contributed by atoms with Crippen molar-refractivity contribution in [3.8, 4) is 0 Å². The molecule has 0 radical (unpaired) electrons. The highest BCUT2D eigenvalue weighted by Gasteiger charge is 1.92. The minimum Gasteiger partial charge on any atom is -0.247 e. The first-order valence-corrected chi connectivity index (χ1v) is 1.000. The van der Waals surface area contributed by atoms with Gasteiger partial charge in [0.1, 0.15) is 0 Å². The number of rotatable bonds is 1. The summed E-state index contributed by atoms with van der Waals surface area (Å²) in [6.07, 6.45) is -2.06. The summed E-state index contributed by atoms with van der Waals surface area (Å²) in [6, 6.07) is 0. The van der Waals surface area contributed by atoms with E-state index in [1.54, 1.807) is 0 Å². The minimum atomic E-state index is -2.06. The third-order valence-electron chi connectivity index (χ3n) is 0.114. The summed E-state index contributed by atoms with van der Waals surface area (Å²) in [6.45, 7) is 0. The number of hydrogen-bond acceptors (Lipinski definition) is 4. The summed E-state index contributed by atoms with van der Waals surface area (Å²) < 4.78 is 10.6. The first kappa shape index (κ1) is 5.32. The Labute approximate surface area is 32.5 Å². The van der Waals surface area contributed by atoms with Crippen molar-refractivity contribution in [1.29, 1.82) is 0 Å². The molecule has 0 aromatic heterocycles. The van der Waals surface area contributed by atoms with Gasteiger partial charge < -0.3 is 0 Å². The van der Waals surface area contributed by atoms with E-state index in [1.165, 1.54) is 0 Å². The van der Waals surface area contributed by atoms with Crippen LogP contribution in [0.25, 0.3) is 0 Å². The molecule has 0 fully saturated rings. The largest absolute Gasteiger partial charge is 0.528 e. The van der Waals surface area contributed by atoms with Gasteiger partial charge >= 0.3 is 6.22 Å². The van der Waals surface area contributed by atoms with Crippen LogP contribution >= 0.6 is 0 Å². The van der Waals surface area contributed by atoms with Crippen molar-refractivity contribution in [3.63, 3.8) is 0 Å². The van der Waals surface area contributed by atoms with Crippen molar-refractivity contribution in [3.05, 3.63) is 0 Å². The first-order valence-electron chi connectivity index (χ1n) is 1.000. The van der Waals surface area contributed by atoms with Crippen LogP contribution in [0.1, 0.15) is 0 Å². The van der Waals surface area contributed by atoms with Gasteiger partial charge in [-0.15, -0.1) is 4.39 Å². The zero-order valence-electron chi connectivity index (χ0n) is 2.68. The Hall–Kier alpha value is -0.680. The fourth-order valence-electron chi connectivity index (χ4n) is 0.0378. The van der Waals surface area contributed by atoms with Gasteiger partial charge in [0.2, 0.25) is 0 Å². The van der Waals surface area contributed by atoms with E-state index in [9.17, 15) is 4.39 Å². The molecule has 36 valence electrons. The Morgan fingerprint density at radius 2 is 2.33 bits per heavy atom. The van der Waals surface area contributed by atoms with Crippen molar-refractivity contribution in [2.24, 2.45) is 5.90 Å². The maximum Gasteiger partial charge on any atom is 0.528 e. The van der Waals surface area contributed by atoms with Gasteiger partial charge in [-0.1, -0.05) is 4.99 Å². The van der Waals surface area contributed by atoms with E-state index in [-0.39, 0.29) is 0 Å². The molecule has 0 spiro atoms. The van der Waals surface area contributed by atoms with Gasteiger partial charge in [-0.05, 0) is 0 Å². The van der Waals surface area contributed by atoms with E-state index in [2.05, 4.69) is 15.8 Å². The number of hydrogen-bond donors (Lipinski definition) is 1. The molecule has 0 heterocycles. The highest BCUT2D eigenvalue weighted by Crippen LogP contribution is 1.75. The van der Waals surface area contributed by atoms with Crippen LogP contribution in [0, 0.1) is 0 Å². The van der Waals surface area contributed by atoms with Gasteiger partial charge in [0.15, 0.2) is 0 Å². The van der Waals surface area contributed by atoms with Crippen molar-refractivity contribution in [2.75, 3.05) is 0 Å². The van der Waals surface area contributed by atoms with Crippen LogP contribution in [0.4, 0.5) is 9.18 Å². The Morgan fingerprint density at radius 3 is 2.33 bits per heavy atom.